The van der Waals surface area contributed by atoms with Gasteiger partial charge in [0.25, 0.3) is 0 Å². The number of hydrogen-bond acceptors (Lipinski definition) is 3. The van der Waals surface area contributed by atoms with E-state index in [0.717, 1.165) is 6.07 Å². The first kappa shape index (κ1) is 15.1. The molecule has 0 radical (unpaired) electrons. The molecule has 0 atom stereocenters. The fourth-order valence-electron chi connectivity index (χ4n) is 1.58. The summed E-state index contributed by atoms with van der Waals surface area (Å²) in [5, 5.41) is 6.41. The monoisotopic (exact) mass is 365 g/mol. The summed E-state index contributed by atoms with van der Waals surface area (Å²) in [5.41, 5.74) is 1.33. The van der Waals surface area contributed by atoms with E-state index in [1.807, 2.05) is 0 Å². The van der Waals surface area contributed by atoms with Gasteiger partial charge in [-0.1, -0.05) is 0 Å². The van der Waals surface area contributed by atoms with E-state index in [2.05, 4.69) is 30.8 Å². The zero-order chi connectivity index (χ0) is 14.9. The Labute approximate surface area is 122 Å². The van der Waals surface area contributed by atoms with Crippen LogP contribution < -0.4 is 4.72 Å². The van der Waals surface area contributed by atoms with E-state index in [-0.39, 0.29) is 11.0 Å². The van der Waals surface area contributed by atoms with E-state index in [0.29, 0.717) is 17.3 Å². The van der Waals surface area contributed by atoms with Gasteiger partial charge in [0.15, 0.2) is 0 Å². The van der Waals surface area contributed by atoms with Gasteiger partial charge in [0, 0.05) is 28.3 Å². The lowest BCUT2D eigenvalue weighted by Gasteiger charge is -2.09. The molecule has 9 heteroatoms. The average molecular weight is 366 g/mol. The smallest absolute Gasteiger partial charge is 0.244 e. The molecule has 1 aromatic carbocycles. The lowest BCUT2D eigenvalue weighted by Crippen LogP contribution is -2.25. The predicted molar refractivity (Wildman–Crippen MR) is 71.4 cm³/mol. The highest BCUT2D eigenvalue weighted by Gasteiger charge is 2.23. The number of aromatic amines is 1. The van der Waals surface area contributed by atoms with Crippen LogP contribution in [0.3, 0.4) is 0 Å². The number of aryl methyl sites for hydroxylation is 1. The molecule has 2 aromatic rings. The largest absolute Gasteiger partial charge is 0.283 e. The maximum atomic E-state index is 13.6. The molecule has 0 unspecified atom stereocenters. The maximum absolute atomic E-state index is 13.6. The van der Waals surface area contributed by atoms with Crippen LogP contribution in [0.15, 0.2) is 27.7 Å². The fourth-order valence-corrected chi connectivity index (χ4v) is 3.75. The Bertz CT molecular complexity index is 723. The van der Waals surface area contributed by atoms with Crippen LogP contribution in [0.5, 0.6) is 0 Å². The van der Waals surface area contributed by atoms with E-state index < -0.39 is 26.6 Å². The minimum Gasteiger partial charge on any atom is -0.283 e. The Morgan fingerprint density at radius 2 is 2.10 bits per heavy atom. The van der Waals surface area contributed by atoms with Crippen molar-refractivity contribution in [3.8, 4) is 0 Å². The fraction of sp³-hybridized carbons (Fsp3) is 0.182. The number of H-pyrrole nitrogens is 1. The van der Waals surface area contributed by atoms with Crippen LogP contribution in [0.25, 0.3) is 0 Å². The van der Waals surface area contributed by atoms with Crippen molar-refractivity contribution in [3.63, 3.8) is 0 Å². The lowest BCUT2D eigenvalue weighted by atomic mass is 10.3. The molecule has 0 saturated carbocycles. The molecule has 0 aliphatic rings. The van der Waals surface area contributed by atoms with Crippen LogP contribution in [-0.4, -0.2) is 18.6 Å². The third-order valence-corrected chi connectivity index (χ3v) is 4.98. The number of aromatic nitrogens is 2. The van der Waals surface area contributed by atoms with Gasteiger partial charge in [-0.3, -0.25) is 5.10 Å². The summed E-state index contributed by atoms with van der Waals surface area (Å²) >= 11 is 2.85. The van der Waals surface area contributed by atoms with Gasteiger partial charge >= 0.3 is 0 Å². The zero-order valence-electron chi connectivity index (χ0n) is 10.2. The highest BCUT2D eigenvalue weighted by atomic mass is 79.9. The second-order valence-electron chi connectivity index (χ2n) is 4.04. The van der Waals surface area contributed by atoms with Gasteiger partial charge in [0.05, 0.1) is 6.20 Å². The lowest BCUT2D eigenvalue weighted by molar-refractivity contribution is 0.540. The molecule has 0 amide bonds. The van der Waals surface area contributed by atoms with Crippen molar-refractivity contribution in [2.75, 3.05) is 0 Å². The van der Waals surface area contributed by atoms with Gasteiger partial charge < -0.3 is 0 Å². The van der Waals surface area contributed by atoms with Crippen molar-refractivity contribution in [2.45, 2.75) is 18.4 Å². The first-order chi connectivity index (χ1) is 9.31. The van der Waals surface area contributed by atoms with Crippen molar-refractivity contribution < 1.29 is 17.2 Å². The zero-order valence-corrected chi connectivity index (χ0v) is 12.6. The average Bonchev–Trinajstić information content (AvgIpc) is 2.70. The summed E-state index contributed by atoms with van der Waals surface area (Å²) < 4.78 is 52.8. The Balaban J connectivity index is 2.30. The second-order valence-corrected chi connectivity index (χ2v) is 6.60. The van der Waals surface area contributed by atoms with Crippen molar-refractivity contribution in [1.82, 2.24) is 14.9 Å². The molecular weight excluding hydrogens is 356 g/mol. The summed E-state index contributed by atoms with van der Waals surface area (Å²) in [7, 11) is -4.11. The van der Waals surface area contributed by atoms with Crippen LogP contribution in [0.4, 0.5) is 8.78 Å². The molecule has 0 fully saturated rings. The van der Waals surface area contributed by atoms with E-state index in [4.69, 9.17) is 0 Å². The van der Waals surface area contributed by atoms with Crippen LogP contribution >= 0.6 is 15.9 Å². The Morgan fingerprint density at radius 3 is 2.65 bits per heavy atom. The van der Waals surface area contributed by atoms with Gasteiger partial charge in [-0.05, 0) is 28.9 Å². The van der Waals surface area contributed by atoms with Crippen molar-refractivity contribution in [3.05, 3.63) is 45.7 Å². The molecule has 108 valence electrons. The number of halogens is 3. The number of benzene rings is 1. The minimum atomic E-state index is -4.11. The molecule has 20 heavy (non-hydrogen) atoms. The highest BCUT2D eigenvalue weighted by Crippen LogP contribution is 2.26. The van der Waals surface area contributed by atoms with Gasteiger partial charge in [0.2, 0.25) is 10.0 Å². The predicted octanol–water partition coefficient (Wildman–Crippen LogP) is 2.24. The number of rotatable bonds is 4. The van der Waals surface area contributed by atoms with Crippen LogP contribution in [0.2, 0.25) is 0 Å². The first-order valence-corrected chi connectivity index (χ1v) is 7.72. The molecule has 2 rings (SSSR count). The minimum absolute atomic E-state index is 0.0477. The summed E-state index contributed by atoms with van der Waals surface area (Å²) in [4.78, 5) is -0.625. The van der Waals surface area contributed by atoms with Crippen molar-refractivity contribution in [2.24, 2.45) is 0 Å². The number of nitrogens with zero attached hydrogens (tertiary/aromatic N) is 1. The van der Waals surface area contributed by atoms with Crippen molar-refractivity contribution in [1.29, 1.82) is 0 Å². The molecule has 5 nitrogen and oxygen atoms in total. The van der Waals surface area contributed by atoms with Gasteiger partial charge in [0.1, 0.15) is 16.5 Å². The quantitative estimate of drug-likeness (QED) is 0.872. The van der Waals surface area contributed by atoms with Crippen LogP contribution in [0.1, 0.15) is 11.3 Å². The molecule has 0 aliphatic heterocycles. The second kappa shape index (κ2) is 5.58. The summed E-state index contributed by atoms with van der Waals surface area (Å²) in [6.07, 6.45) is 1.47. The molecule has 2 N–H and O–H groups in total. The normalized spacial score (nSPS) is 11.8. The molecule has 1 aromatic heterocycles. The molecule has 0 saturated heterocycles. The number of hydrogen-bond donors (Lipinski definition) is 2. The number of sulfonamides is 1. The molecule has 0 spiro atoms. The van der Waals surface area contributed by atoms with Gasteiger partial charge in [-0.25, -0.2) is 21.9 Å². The van der Waals surface area contributed by atoms with E-state index in [9.17, 15) is 17.2 Å². The third kappa shape index (κ3) is 3.05. The molecule has 0 bridgehead atoms. The van der Waals surface area contributed by atoms with Crippen molar-refractivity contribution >= 4 is 26.0 Å². The summed E-state index contributed by atoms with van der Waals surface area (Å²) in [6, 6.07) is 1.41. The van der Waals surface area contributed by atoms with E-state index in [1.165, 1.54) is 6.20 Å². The summed E-state index contributed by atoms with van der Waals surface area (Å²) in [5.74, 6) is -2.02. The highest BCUT2D eigenvalue weighted by molar-refractivity contribution is 9.10. The third-order valence-electron chi connectivity index (χ3n) is 2.62. The van der Waals surface area contributed by atoms with E-state index >= 15 is 0 Å². The molecule has 1 heterocycles. The maximum Gasteiger partial charge on any atom is 0.244 e. The van der Waals surface area contributed by atoms with Gasteiger partial charge in [-0.2, -0.15) is 5.10 Å². The Kier molecular flexibility index (Phi) is 4.21. The number of nitrogens with one attached hydrogen (secondary N) is 2. The van der Waals surface area contributed by atoms with Crippen LogP contribution in [0, 0.1) is 18.6 Å². The SMILES string of the molecule is Cc1[nH]ncc1CNS(=O)(=O)c1c(F)cc(F)cc1Br. The Hall–Kier alpha value is -1.32. The standard InChI is InChI=1S/C11H10BrF2N3O2S/c1-6-7(4-15-17-6)5-16-20(18,19)11-9(12)2-8(13)3-10(11)14/h2-4,16H,5H2,1H3,(H,15,17). The first-order valence-electron chi connectivity index (χ1n) is 5.44. The molecular formula is C11H10BrF2N3O2S. The molecule has 0 aliphatic carbocycles. The van der Waals surface area contributed by atoms with Gasteiger partial charge in [-0.15, -0.1) is 0 Å². The van der Waals surface area contributed by atoms with Crippen LogP contribution in [-0.2, 0) is 16.6 Å². The van der Waals surface area contributed by atoms with E-state index in [1.54, 1.807) is 6.92 Å². The Morgan fingerprint density at radius 1 is 1.40 bits per heavy atom. The topological polar surface area (TPSA) is 74.8 Å². The summed E-state index contributed by atoms with van der Waals surface area (Å²) in [6.45, 7) is 1.68.